The molecule has 3 aromatic rings. The van der Waals surface area contributed by atoms with Crippen LogP contribution in [-0.4, -0.2) is 47.2 Å². The Morgan fingerprint density at radius 2 is 1.65 bits per heavy atom. The molecular weight excluding hydrogens is 327 g/mol. The molecule has 3 rings (SSSR count). The van der Waals surface area contributed by atoms with Crippen LogP contribution in [0.1, 0.15) is 11.1 Å². The Kier molecular flexibility index (Phi) is 6.15. The van der Waals surface area contributed by atoms with E-state index in [-0.39, 0.29) is 5.82 Å². The summed E-state index contributed by atoms with van der Waals surface area (Å²) < 4.78 is 13.2. The molecule has 0 aliphatic rings. The minimum atomic E-state index is -0.230. The summed E-state index contributed by atoms with van der Waals surface area (Å²) >= 11 is 0. The molecule has 0 amide bonds. The van der Waals surface area contributed by atoms with Crippen LogP contribution in [0, 0.1) is 5.82 Å². The Balaban J connectivity index is 1.78. The second-order valence-corrected chi connectivity index (χ2v) is 6.78. The Bertz CT molecular complexity index is 796. The van der Waals surface area contributed by atoms with Crippen molar-refractivity contribution in [2.75, 3.05) is 27.2 Å². The average Bonchev–Trinajstić information content (AvgIpc) is 3.09. The van der Waals surface area contributed by atoms with Crippen LogP contribution in [0.15, 0.2) is 60.8 Å². The van der Waals surface area contributed by atoms with Crippen molar-refractivity contribution in [3.8, 4) is 11.3 Å². The number of halogens is 1. The van der Waals surface area contributed by atoms with E-state index in [9.17, 15) is 4.39 Å². The van der Waals surface area contributed by atoms with Gasteiger partial charge in [-0.2, -0.15) is 5.10 Å². The summed E-state index contributed by atoms with van der Waals surface area (Å²) in [5, 5.41) is 7.29. The molecule has 4 nitrogen and oxygen atoms in total. The molecule has 0 bridgehead atoms. The number of rotatable bonds is 8. The zero-order valence-electron chi connectivity index (χ0n) is 15.3. The van der Waals surface area contributed by atoms with Crippen molar-refractivity contribution in [1.29, 1.82) is 0 Å². The van der Waals surface area contributed by atoms with Crippen molar-refractivity contribution in [2.24, 2.45) is 0 Å². The van der Waals surface area contributed by atoms with Crippen LogP contribution in [0.2, 0.25) is 0 Å². The Labute approximate surface area is 154 Å². The number of H-pyrrole nitrogens is 1. The number of benzene rings is 2. The minimum absolute atomic E-state index is 0.230. The zero-order valence-corrected chi connectivity index (χ0v) is 15.3. The van der Waals surface area contributed by atoms with Crippen LogP contribution >= 0.6 is 0 Å². The van der Waals surface area contributed by atoms with Gasteiger partial charge < -0.3 is 4.90 Å². The second kappa shape index (κ2) is 8.74. The summed E-state index contributed by atoms with van der Waals surface area (Å²) in [6.45, 7) is 3.60. The highest BCUT2D eigenvalue weighted by Gasteiger charge is 2.13. The molecule has 5 heteroatoms. The summed E-state index contributed by atoms with van der Waals surface area (Å²) in [4.78, 5) is 4.60. The van der Waals surface area contributed by atoms with Crippen LogP contribution in [-0.2, 0) is 13.1 Å². The lowest BCUT2D eigenvalue weighted by atomic mass is 10.1. The fraction of sp³-hybridized carbons (Fsp3) is 0.286. The highest BCUT2D eigenvalue weighted by Crippen LogP contribution is 2.23. The van der Waals surface area contributed by atoms with Crippen LogP contribution < -0.4 is 0 Å². The van der Waals surface area contributed by atoms with Gasteiger partial charge in [0.05, 0.1) is 11.9 Å². The SMILES string of the molecule is CN(C)CCN(Cc1ccccc1)Cc1cn[nH]c1-c1ccc(F)cc1. The van der Waals surface area contributed by atoms with Gasteiger partial charge in [-0.15, -0.1) is 0 Å². The van der Waals surface area contributed by atoms with Crippen molar-refractivity contribution < 1.29 is 4.39 Å². The summed E-state index contributed by atoms with van der Waals surface area (Å²) in [5.74, 6) is -0.230. The fourth-order valence-electron chi connectivity index (χ4n) is 2.94. The highest BCUT2D eigenvalue weighted by atomic mass is 19.1. The first-order valence-electron chi connectivity index (χ1n) is 8.81. The third kappa shape index (κ3) is 5.00. The van der Waals surface area contributed by atoms with E-state index in [1.807, 2.05) is 12.3 Å². The van der Waals surface area contributed by atoms with Gasteiger partial charge in [0.15, 0.2) is 0 Å². The molecule has 2 aromatic carbocycles. The van der Waals surface area contributed by atoms with Crippen LogP contribution in [0.5, 0.6) is 0 Å². The highest BCUT2D eigenvalue weighted by molar-refractivity contribution is 5.62. The quantitative estimate of drug-likeness (QED) is 0.670. The molecule has 26 heavy (non-hydrogen) atoms. The molecule has 0 spiro atoms. The van der Waals surface area contributed by atoms with Gasteiger partial charge in [-0.3, -0.25) is 10.00 Å². The van der Waals surface area contributed by atoms with Gasteiger partial charge >= 0.3 is 0 Å². The summed E-state index contributed by atoms with van der Waals surface area (Å²) in [5.41, 5.74) is 4.31. The van der Waals surface area contributed by atoms with Gasteiger partial charge in [-0.05, 0) is 43.9 Å². The Morgan fingerprint density at radius 3 is 2.35 bits per heavy atom. The third-order valence-electron chi connectivity index (χ3n) is 4.36. The molecule has 0 atom stereocenters. The van der Waals surface area contributed by atoms with Gasteiger partial charge in [0.2, 0.25) is 0 Å². The van der Waals surface area contributed by atoms with Crippen molar-refractivity contribution in [3.05, 3.63) is 77.7 Å². The van der Waals surface area contributed by atoms with E-state index >= 15 is 0 Å². The molecule has 1 heterocycles. The number of nitrogens with zero attached hydrogens (tertiary/aromatic N) is 3. The molecule has 0 aliphatic heterocycles. The molecule has 1 N–H and O–H groups in total. The van der Waals surface area contributed by atoms with Gasteiger partial charge in [0, 0.05) is 37.3 Å². The first-order chi connectivity index (χ1) is 12.6. The molecular formula is C21H25FN4. The lowest BCUT2D eigenvalue weighted by molar-refractivity contribution is 0.226. The molecule has 1 aromatic heterocycles. The maximum absolute atomic E-state index is 13.2. The topological polar surface area (TPSA) is 35.2 Å². The first-order valence-corrected chi connectivity index (χ1v) is 8.81. The van der Waals surface area contributed by atoms with Gasteiger partial charge in [0.1, 0.15) is 5.82 Å². The van der Waals surface area contributed by atoms with Crippen LogP contribution in [0.3, 0.4) is 0 Å². The van der Waals surface area contributed by atoms with Crippen molar-refractivity contribution in [1.82, 2.24) is 20.0 Å². The fourth-order valence-corrected chi connectivity index (χ4v) is 2.94. The number of likely N-dealkylation sites (N-methyl/N-ethyl adjacent to an activating group) is 1. The van der Waals surface area contributed by atoms with E-state index in [0.29, 0.717) is 0 Å². The van der Waals surface area contributed by atoms with Crippen molar-refractivity contribution in [2.45, 2.75) is 13.1 Å². The standard InChI is InChI=1S/C21H25FN4/c1-25(2)12-13-26(15-17-6-4-3-5-7-17)16-19-14-23-24-21(19)18-8-10-20(22)11-9-18/h3-11,14H,12-13,15-16H2,1-2H3,(H,23,24). The third-order valence-corrected chi connectivity index (χ3v) is 4.36. The van der Waals surface area contributed by atoms with E-state index in [4.69, 9.17) is 0 Å². The number of hydrogen-bond acceptors (Lipinski definition) is 3. The maximum Gasteiger partial charge on any atom is 0.123 e. The first kappa shape index (κ1) is 18.3. The maximum atomic E-state index is 13.2. The molecule has 0 fully saturated rings. The van der Waals surface area contributed by atoms with Crippen molar-refractivity contribution in [3.63, 3.8) is 0 Å². The summed E-state index contributed by atoms with van der Waals surface area (Å²) in [7, 11) is 4.17. The minimum Gasteiger partial charge on any atom is -0.308 e. The largest absolute Gasteiger partial charge is 0.308 e. The number of aromatic amines is 1. The van der Waals surface area contributed by atoms with E-state index in [0.717, 1.165) is 43.0 Å². The molecule has 0 aliphatic carbocycles. The van der Waals surface area contributed by atoms with E-state index in [1.165, 1.54) is 17.7 Å². The normalized spacial score (nSPS) is 11.4. The second-order valence-electron chi connectivity index (χ2n) is 6.78. The lowest BCUT2D eigenvalue weighted by Gasteiger charge is -2.24. The van der Waals surface area contributed by atoms with E-state index < -0.39 is 0 Å². The number of aromatic nitrogens is 2. The van der Waals surface area contributed by atoms with Gasteiger partial charge in [-0.1, -0.05) is 30.3 Å². The molecule has 0 saturated carbocycles. The zero-order chi connectivity index (χ0) is 18.4. The van der Waals surface area contributed by atoms with Crippen LogP contribution in [0.4, 0.5) is 4.39 Å². The summed E-state index contributed by atoms with van der Waals surface area (Å²) in [6.07, 6.45) is 1.87. The van der Waals surface area contributed by atoms with Gasteiger partial charge in [0.25, 0.3) is 0 Å². The smallest absolute Gasteiger partial charge is 0.123 e. The number of hydrogen-bond donors (Lipinski definition) is 1. The summed E-state index contributed by atoms with van der Waals surface area (Å²) in [6, 6.07) is 17.0. The molecule has 0 saturated heterocycles. The van der Waals surface area contributed by atoms with Gasteiger partial charge in [-0.25, -0.2) is 4.39 Å². The Morgan fingerprint density at radius 1 is 0.923 bits per heavy atom. The van der Waals surface area contributed by atoms with Crippen molar-refractivity contribution >= 4 is 0 Å². The predicted octanol–water partition coefficient (Wildman–Crippen LogP) is 3.78. The predicted molar refractivity (Wildman–Crippen MR) is 103 cm³/mol. The molecule has 0 radical (unpaired) electrons. The van der Waals surface area contributed by atoms with E-state index in [1.54, 1.807) is 12.1 Å². The lowest BCUT2D eigenvalue weighted by Crippen LogP contribution is -2.31. The Hall–Kier alpha value is -2.50. The van der Waals surface area contributed by atoms with Crippen LogP contribution in [0.25, 0.3) is 11.3 Å². The number of nitrogens with one attached hydrogen (secondary N) is 1. The van der Waals surface area contributed by atoms with E-state index in [2.05, 4.69) is 58.4 Å². The molecule has 0 unspecified atom stereocenters. The average molecular weight is 352 g/mol. The monoisotopic (exact) mass is 352 g/mol. The molecule has 136 valence electrons.